The van der Waals surface area contributed by atoms with Gasteiger partial charge in [-0.25, -0.2) is 0 Å². The summed E-state index contributed by atoms with van der Waals surface area (Å²) < 4.78 is 5.30. The topological polar surface area (TPSA) is 75.4 Å². The fraction of sp³-hybridized carbons (Fsp3) is 0.476. The molecule has 2 amide bonds. The number of hydrogen-bond acceptors (Lipinski definition) is 4. The number of rotatable bonds is 6. The average molecular weight is 367 g/mol. The van der Waals surface area contributed by atoms with Crippen LogP contribution >= 0.6 is 0 Å². The first-order valence-electron chi connectivity index (χ1n) is 9.65. The molecule has 1 saturated heterocycles. The average Bonchev–Trinajstić information content (AvgIpc) is 3.28. The molecule has 0 bridgehead atoms. The summed E-state index contributed by atoms with van der Waals surface area (Å²) >= 11 is 0. The fourth-order valence-corrected chi connectivity index (χ4v) is 3.47. The van der Waals surface area contributed by atoms with Gasteiger partial charge in [-0.05, 0) is 36.5 Å². The molecule has 142 valence electrons. The number of amides is 2. The van der Waals surface area contributed by atoms with Gasteiger partial charge in [0.25, 0.3) is 0 Å². The Morgan fingerprint density at radius 2 is 2.04 bits per heavy atom. The second kappa shape index (κ2) is 7.18. The van der Waals surface area contributed by atoms with Gasteiger partial charge in [0.15, 0.2) is 0 Å². The third-order valence-electron chi connectivity index (χ3n) is 5.37. The Morgan fingerprint density at radius 1 is 1.30 bits per heavy atom. The highest BCUT2D eigenvalue weighted by molar-refractivity contribution is 6.00. The Balaban J connectivity index is 1.34. The first kappa shape index (κ1) is 17.8. The van der Waals surface area contributed by atoms with Crippen LogP contribution in [0.1, 0.15) is 62.0 Å². The zero-order valence-corrected chi connectivity index (χ0v) is 15.8. The van der Waals surface area contributed by atoms with E-state index < -0.39 is 0 Å². The van der Waals surface area contributed by atoms with Gasteiger partial charge < -0.3 is 14.7 Å². The van der Waals surface area contributed by atoms with Crippen molar-refractivity contribution >= 4 is 17.5 Å². The summed E-state index contributed by atoms with van der Waals surface area (Å²) in [6.45, 7) is 5.03. The number of nitrogens with one attached hydrogen (secondary N) is 1. The molecule has 2 aliphatic rings. The first-order valence-corrected chi connectivity index (χ1v) is 9.65. The van der Waals surface area contributed by atoms with E-state index in [1.165, 1.54) is 5.56 Å². The van der Waals surface area contributed by atoms with Gasteiger partial charge in [-0.3, -0.25) is 9.59 Å². The molecule has 0 unspecified atom stereocenters. The van der Waals surface area contributed by atoms with Crippen LogP contribution in [0.2, 0.25) is 0 Å². The number of anilines is 1. The van der Waals surface area contributed by atoms with Gasteiger partial charge in [-0.15, -0.1) is 0 Å². The molecule has 1 atom stereocenters. The zero-order valence-electron chi connectivity index (χ0n) is 15.8. The van der Waals surface area contributed by atoms with Crippen molar-refractivity contribution in [3.05, 3.63) is 47.3 Å². The summed E-state index contributed by atoms with van der Waals surface area (Å²) in [6, 6.07) is 9.93. The summed E-state index contributed by atoms with van der Waals surface area (Å²) in [4.78, 5) is 26.6. The Labute approximate surface area is 158 Å². The minimum Gasteiger partial charge on any atom is -0.361 e. The van der Waals surface area contributed by atoms with Crippen molar-refractivity contribution in [1.29, 1.82) is 0 Å². The molecule has 0 radical (unpaired) electrons. The second-order valence-corrected chi connectivity index (χ2v) is 7.86. The Hall–Kier alpha value is -2.63. The molecule has 1 saturated carbocycles. The van der Waals surface area contributed by atoms with Crippen molar-refractivity contribution in [2.75, 3.05) is 11.4 Å². The molecule has 2 heterocycles. The van der Waals surface area contributed by atoms with E-state index in [0.717, 1.165) is 30.0 Å². The van der Waals surface area contributed by atoms with Crippen LogP contribution in [0, 0.1) is 5.92 Å². The smallest absolute Gasteiger partial charge is 0.227 e. The monoisotopic (exact) mass is 367 g/mol. The Morgan fingerprint density at radius 3 is 2.70 bits per heavy atom. The highest BCUT2D eigenvalue weighted by Crippen LogP contribution is 2.40. The lowest BCUT2D eigenvalue weighted by Gasteiger charge is -2.17. The van der Waals surface area contributed by atoms with E-state index in [-0.39, 0.29) is 24.2 Å². The molecular formula is C21H25N3O3. The lowest BCUT2D eigenvalue weighted by atomic mass is 10.0. The lowest BCUT2D eigenvalue weighted by molar-refractivity contribution is -0.126. The van der Waals surface area contributed by atoms with E-state index in [9.17, 15) is 9.59 Å². The largest absolute Gasteiger partial charge is 0.361 e. The molecule has 1 aromatic carbocycles. The van der Waals surface area contributed by atoms with Gasteiger partial charge >= 0.3 is 0 Å². The summed E-state index contributed by atoms with van der Waals surface area (Å²) in [6.07, 6.45) is 2.54. The van der Waals surface area contributed by atoms with Crippen molar-refractivity contribution in [1.82, 2.24) is 10.5 Å². The molecular weight excluding hydrogens is 342 g/mol. The van der Waals surface area contributed by atoms with Crippen molar-refractivity contribution in [3.8, 4) is 0 Å². The maximum absolute atomic E-state index is 12.5. The van der Waals surface area contributed by atoms with Gasteiger partial charge in [0.05, 0.1) is 12.5 Å². The second-order valence-electron chi connectivity index (χ2n) is 7.86. The van der Waals surface area contributed by atoms with Crippen LogP contribution < -0.4 is 10.2 Å². The van der Waals surface area contributed by atoms with Crippen molar-refractivity contribution < 1.29 is 14.1 Å². The van der Waals surface area contributed by atoms with Crippen LogP contribution in [-0.2, 0) is 16.1 Å². The molecule has 1 aromatic heterocycles. The van der Waals surface area contributed by atoms with Crippen molar-refractivity contribution in [3.63, 3.8) is 0 Å². The molecule has 6 nitrogen and oxygen atoms in total. The molecule has 1 aliphatic heterocycles. The van der Waals surface area contributed by atoms with Gasteiger partial charge in [-0.1, -0.05) is 31.1 Å². The van der Waals surface area contributed by atoms with Crippen LogP contribution in [0.5, 0.6) is 0 Å². The molecule has 1 aliphatic carbocycles. The van der Waals surface area contributed by atoms with Gasteiger partial charge in [-0.2, -0.15) is 0 Å². The van der Waals surface area contributed by atoms with E-state index in [1.54, 1.807) is 4.90 Å². The number of benzene rings is 1. The van der Waals surface area contributed by atoms with Crippen LogP contribution in [0.3, 0.4) is 0 Å². The normalized spacial score (nSPS) is 19.7. The van der Waals surface area contributed by atoms with Crippen LogP contribution in [-0.4, -0.2) is 23.5 Å². The van der Waals surface area contributed by atoms with E-state index in [0.29, 0.717) is 24.9 Å². The quantitative estimate of drug-likeness (QED) is 0.850. The summed E-state index contributed by atoms with van der Waals surface area (Å²) in [5.74, 6) is 1.41. The molecule has 0 spiro atoms. The molecule has 4 rings (SSSR count). The third-order valence-corrected chi connectivity index (χ3v) is 5.37. The van der Waals surface area contributed by atoms with Crippen LogP contribution in [0.25, 0.3) is 0 Å². The summed E-state index contributed by atoms with van der Waals surface area (Å²) in [5, 5.41) is 6.90. The number of hydrogen-bond donors (Lipinski definition) is 1. The fourth-order valence-electron chi connectivity index (χ4n) is 3.47. The highest BCUT2D eigenvalue weighted by Gasteiger charge is 2.35. The minimum atomic E-state index is -0.336. The maximum Gasteiger partial charge on any atom is 0.227 e. The zero-order chi connectivity index (χ0) is 19.0. The highest BCUT2D eigenvalue weighted by atomic mass is 16.5. The van der Waals surface area contributed by atoms with E-state index in [2.05, 4.69) is 24.3 Å². The molecule has 2 fully saturated rings. The number of aromatic nitrogens is 1. The van der Waals surface area contributed by atoms with Gasteiger partial charge in [0.1, 0.15) is 11.5 Å². The Bertz CT molecular complexity index is 837. The summed E-state index contributed by atoms with van der Waals surface area (Å²) in [7, 11) is 0. The lowest BCUT2D eigenvalue weighted by Crippen LogP contribution is -2.32. The van der Waals surface area contributed by atoms with E-state index in [4.69, 9.17) is 4.52 Å². The first-order chi connectivity index (χ1) is 13.0. The maximum atomic E-state index is 12.5. The van der Waals surface area contributed by atoms with Crippen molar-refractivity contribution in [2.24, 2.45) is 5.92 Å². The number of nitrogens with zero attached hydrogens (tertiary/aromatic N) is 2. The molecule has 1 N–H and O–H groups in total. The minimum absolute atomic E-state index is 0.00935. The predicted octanol–water partition coefficient (Wildman–Crippen LogP) is 3.34. The van der Waals surface area contributed by atoms with Gasteiger partial charge in [0.2, 0.25) is 11.8 Å². The standard InChI is InChI=1S/C21H25N3O3/c1-13(2)14-5-7-18(8-6-14)24-12-16(9-20(24)25)21(26)22-11-17-10-19(27-23-17)15-3-4-15/h5-8,10,13,15-16H,3-4,9,11-12H2,1-2H3,(H,22,26)/t16-/m0/s1. The molecule has 2 aromatic rings. The number of carbonyl (C=O) groups is 2. The Kier molecular flexibility index (Phi) is 4.72. The molecule has 6 heteroatoms. The van der Waals surface area contributed by atoms with E-state index >= 15 is 0 Å². The predicted molar refractivity (Wildman–Crippen MR) is 101 cm³/mol. The van der Waals surface area contributed by atoms with Gasteiger partial charge in [0, 0.05) is 30.6 Å². The van der Waals surface area contributed by atoms with Crippen molar-refractivity contribution in [2.45, 2.75) is 51.5 Å². The number of carbonyl (C=O) groups excluding carboxylic acids is 2. The van der Waals surface area contributed by atoms with E-state index in [1.807, 2.05) is 30.3 Å². The molecule has 27 heavy (non-hydrogen) atoms. The third kappa shape index (κ3) is 3.89. The SMILES string of the molecule is CC(C)c1ccc(N2C[C@@H](C(=O)NCc3cc(C4CC4)on3)CC2=O)cc1. The van der Waals surface area contributed by atoms with Crippen LogP contribution in [0.4, 0.5) is 5.69 Å². The summed E-state index contributed by atoms with van der Waals surface area (Å²) in [5.41, 5.74) is 2.82. The van der Waals surface area contributed by atoms with Crippen LogP contribution in [0.15, 0.2) is 34.9 Å².